The van der Waals surface area contributed by atoms with Gasteiger partial charge in [0.1, 0.15) is 12.1 Å². The number of ether oxygens (including phenoxy) is 3. The third-order valence-electron chi connectivity index (χ3n) is 11.0. The van der Waals surface area contributed by atoms with Gasteiger partial charge in [-0.25, -0.2) is 4.79 Å². The third kappa shape index (κ3) is 12.5. The number of likely N-dealkylation sites (N-methyl/N-ethyl adjacent to an activating group) is 2. The van der Waals surface area contributed by atoms with Crippen molar-refractivity contribution in [2.24, 2.45) is 28.8 Å². The van der Waals surface area contributed by atoms with Crippen molar-refractivity contribution < 1.29 is 38.2 Å². The molecule has 0 unspecified atom stereocenters. The van der Waals surface area contributed by atoms with E-state index in [4.69, 9.17) is 14.2 Å². The van der Waals surface area contributed by atoms with E-state index in [-0.39, 0.29) is 41.9 Å². The first-order chi connectivity index (χ1) is 24.9. The van der Waals surface area contributed by atoms with Gasteiger partial charge in [0.15, 0.2) is 0 Å². The number of rotatable bonds is 22. The van der Waals surface area contributed by atoms with E-state index in [1.165, 1.54) is 26.2 Å². The van der Waals surface area contributed by atoms with Crippen LogP contribution in [0.4, 0.5) is 0 Å². The van der Waals surface area contributed by atoms with Crippen molar-refractivity contribution >= 4 is 29.6 Å². The van der Waals surface area contributed by atoms with Gasteiger partial charge in [0.25, 0.3) is 0 Å². The first kappa shape index (κ1) is 47.6. The van der Waals surface area contributed by atoms with Crippen molar-refractivity contribution in [2.45, 2.75) is 136 Å². The number of carbonyl (C=O) groups excluding carboxylic acids is 5. The highest BCUT2D eigenvalue weighted by atomic mass is 16.5. The fourth-order valence-corrected chi connectivity index (χ4v) is 7.52. The number of likely N-dealkylation sites (tertiary alicyclic amines) is 1. The SMILES string of the molecule is CC[C@H](C)[C@@H]([C@@H](CC(=O)N1CCC[C@H]1[C@H](OC)[C@@H](C)C(=O)N[C@H](C(=O)OC)[C@@H](C)CC)OC)N(C)C(=O)[C@@H](NC(=O)[C@H](C(C)C)N(C)C)[C@H](C)N=[N+]=[N-]. The lowest BCUT2D eigenvalue weighted by Gasteiger charge is -2.41. The average Bonchev–Trinajstić information content (AvgIpc) is 3.60. The molecular weight excluding hydrogens is 684 g/mol. The minimum atomic E-state index is -1.17. The Morgan fingerprint density at radius 2 is 1.47 bits per heavy atom. The molecule has 0 bridgehead atoms. The average molecular weight is 753 g/mol. The lowest BCUT2D eigenvalue weighted by atomic mass is 9.89. The first-order valence-corrected chi connectivity index (χ1v) is 18.9. The van der Waals surface area contributed by atoms with Crippen molar-refractivity contribution in [1.82, 2.24) is 25.3 Å². The molecule has 4 amide bonds. The minimum absolute atomic E-state index is 0.0592. The number of nitrogens with zero attached hydrogens (tertiary/aromatic N) is 6. The monoisotopic (exact) mass is 753 g/mol. The van der Waals surface area contributed by atoms with E-state index in [1.54, 1.807) is 44.8 Å². The number of carbonyl (C=O) groups is 5. The van der Waals surface area contributed by atoms with Crippen molar-refractivity contribution in [2.75, 3.05) is 49.0 Å². The summed E-state index contributed by atoms with van der Waals surface area (Å²) < 4.78 is 16.8. The Bertz CT molecular complexity index is 1250. The van der Waals surface area contributed by atoms with Crippen LogP contribution in [0.25, 0.3) is 10.4 Å². The van der Waals surface area contributed by atoms with Gasteiger partial charge in [-0.15, -0.1) is 0 Å². The van der Waals surface area contributed by atoms with Crippen LogP contribution in [0.2, 0.25) is 0 Å². The van der Waals surface area contributed by atoms with Crippen LogP contribution >= 0.6 is 0 Å². The van der Waals surface area contributed by atoms with Gasteiger partial charge in [0, 0.05) is 32.7 Å². The molecule has 16 nitrogen and oxygen atoms in total. The lowest BCUT2D eigenvalue weighted by molar-refractivity contribution is -0.149. The first-order valence-electron chi connectivity index (χ1n) is 18.9. The summed E-state index contributed by atoms with van der Waals surface area (Å²) in [4.78, 5) is 75.8. The zero-order chi connectivity index (χ0) is 40.7. The van der Waals surface area contributed by atoms with E-state index in [1.807, 2.05) is 41.5 Å². The maximum atomic E-state index is 14.3. The summed E-state index contributed by atoms with van der Waals surface area (Å²) in [6.07, 6.45) is 1.18. The second-order valence-electron chi connectivity index (χ2n) is 15.1. The molecule has 53 heavy (non-hydrogen) atoms. The smallest absolute Gasteiger partial charge is 0.328 e. The predicted molar refractivity (Wildman–Crippen MR) is 202 cm³/mol. The minimum Gasteiger partial charge on any atom is -0.467 e. The molecule has 0 aromatic carbocycles. The van der Waals surface area contributed by atoms with Gasteiger partial charge < -0.3 is 34.6 Å². The summed E-state index contributed by atoms with van der Waals surface area (Å²) in [6.45, 7) is 15.3. The highest BCUT2D eigenvalue weighted by Gasteiger charge is 2.44. The van der Waals surface area contributed by atoms with E-state index >= 15 is 0 Å². The van der Waals surface area contributed by atoms with Crippen LogP contribution in [0.1, 0.15) is 87.5 Å². The fraction of sp³-hybridized carbons (Fsp3) is 0.865. The summed E-state index contributed by atoms with van der Waals surface area (Å²) in [5.74, 6) is -2.99. The topological polar surface area (TPSA) is 196 Å². The molecular formula is C37H68N8O8. The van der Waals surface area contributed by atoms with Gasteiger partial charge in [-0.2, -0.15) is 0 Å². The number of hydrogen-bond acceptors (Lipinski definition) is 10. The van der Waals surface area contributed by atoms with Gasteiger partial charge in [-0.1, -0.05) is 73.3 Å². The molecule has 0 aliphatic carbocycles. The van der Waals surface area contributed by atoms with E-state index in [2.05, 4.69) is 20.7 Å². The molecule has 0 saturated carbocycles. The molecule has 1 saturated heterocycles. The van der Waals surface area contributed by atoms with Gasteiger partial charge in [-0.05, 0) is 50.2 Å². The van der Waals surface area contributed by atoms with Crippen LogP contribution in [0, 0.1) is 23.7 Å². The Morgan fingerprint density at radius 3 is 1.94 bits per heavy atom. The van der Waals surface area contributed by atoms with Crippen molar-refractivity contribution in [1.29, 1.82) is 0 Å². The summed E-state index contributed by atoms with van der Waals surface area (Å²) >= 11 is 0. The summed E-state index contributed by atoms with van der Waals surface area (Å²) in [5.41, 5.74) is 9.24. The number of amides is 4. The Hall–Kier alpha value is -3.46. The van der Waals surface area contributed by atoms with Gasteiger partial charge in [-0.3, -0.25) is 24.1 Å². The van der Waals surface area contributed by atoms with Crippen LogP contribution in [0.5, 0.6) is 0 Å². The molecule has 1 aliphatic rings. The third-order valence-corrected chi connectivity index (χ3v) is 11.0. The fourth-order valence-electron chi connectivity index (χ4n) is 7.52. The quantitative estimate of drug-likeness (QED) is 0.0721. The van der Waals surface area contributed by atoms with Crippen LogP contribution in [0.15, 0.2) is 5.11 Å². The molecule has 0 aromatic heterocycles. The summed E-state index contributed by atoms with van der Waals surface area (Å²) in [7, 11) is 9.48. The second-order valence-corrected chi connectivity index (χ2v) is 15.1. The number of methoxy groups -OCH3 is 3. The normalized spacial score (nSPS) is 20.2. The Balaban J connectivity index is 3.38. The number of azide groups is 1. The highest BCUT2D eigenvalue weighted by Crippen LogP contribution is 2.30. The Morgan fingerprint density at radius 1 is 0.887 bits per heavy atom. The maximum Gasteiger partial charge on any atom is 0.328 e. The molecule has 0 spiro atoms. The zero-order valence-corrected chi connectivity index (χ0v) is 34.6. The second kappa shape index (κ2) is 22.7. The predicted octanol–water partition coefficient (Wildman–Crippen LogP) is 3.38. The largest absolute Gasteiger partial charge is 0.467 e. The molecule has 1 heterocycles. The highest BCUT2D eigenvalue weighted by molar-refractivity contribution is 5.91. The summed E-state index contributed by atoms with van der Waals surface area (Å²) in [5, 5.41) is 9.46. The lowest BCUT2D eigenvalue weighted by Crippen LogP contribution is -2.60. The van der Waals surface area contributed by atoms with Crippen molar-refractivity contribution in [3.63, 3.8) is 0 Å². The molecule has 16 heteroatoms. The summed E-state index contributed by atoms with van der Waals surface area (Å²) in [6, 6.07) is -4.42. The van der Waals surface area contributed by atoms with Crippen molar-refractivity contribution in [3.05, 3.63) is 10.4 Å². The van der Waals surface area contributed by atoms with Gasteiger partial charge in [0.05, 0.1) is 55.8 Å². The van der Waals surface area contributed by atoms with Crippen LogP contribution in [-0.2, 0) is 38.2 Å². The number of esters is 1. The Kier molecular flexibility index (Phi) is 20.4. The Labute approximate surface area is 317 Å². The van der Waals surface area contributed by atoms with Crippen LogP contribution < -0.4 is 10.6 Å². The van der Waals surface area contributed by atoms with Crippen LogP contribution in [-0.4, -0.2) is 142 Å². The van der Waals surface area contributed by atoms with E-state index in [9.17, 15) is 29.5 Å². The van der Waals surface area contributed by atoms with E-state index in [0.29, 0.717) is 32.2 Å². The molecule has 1 aliphatic heterocycles. The molecule has 1 rings (SSSR count). The van der Waals surface area contributed by atoms with Crippen molar-refractivity contribution in [3.8, 4) is 0 Å². The maximum absolute atomic E-state index is 14.3. The molecule has 1 fully saturated rings. The van der Waals surface area contributed by atoms with Crippen LogP contribution in [0.3, 0.4) is 0 Å². The zero-order valence-electron chi connectivity index (χ0n) is 34.6. The molecule has 304 valence electrons. The molecule has 0 radical (unpaired) electrons. The molecule has 2 N–H and O–H groups in total. The van der Waals surface area contributed by atoms with E-state index < -0.39 is 66.3 Å². The molecule has 0 aromatic rings. The standard InChI is InChI=1S/C37H68N8O8/c1-15-22(5)29(37(50)53-14)39-34(47)24(7)33(52-13)26-18-17-19-45(26)28(46)20-27(51-12)32(23(6)16-2)44(11)36(49)30(25(8)41-42-38)40-35(48)31(21(3)4)43(9)10/h21-27,29-33H,15-20H2,1-14H3,(H,39,47)(H,40,48)/t22-,23-,24+,25-,26-,27+,29-,30-,31-,32-,33+/m0/s1. The number of hydrogen-bond donors (Lipinski definition) is 2. The number of nitrogens with one attached hydrogen (secondary N) is 2. The van der Waals surface area contributed by atoms with Gasteiger partial charge in [0.2, 0.25) is 23.6 Å². The van der Waals surface area contributed by atoms with Gasteiger partial charge >= 0.3 is 5.97 Å². The molecule has 11 atom stereocenters. The van der Waals surface area contributed by atoms with E-state index in [0.717, 1.165) is 0 Å².